The molecule has 0 saturated heterocycles. The molecule has 1 atom stereocenters. The van der Waals surface area contributed by atoms with E-state index < -0.39 is 0 Å². The molecule has 140 valence electrons. The van der Waals surface area contributed by atoms with Crippen LogP contribution >= 0.6 is 0 Å². The molecular formula is C28H28. The molecule has 0 N–H and O–H groups in total. The lowest BCUT2D eigenvalue weighted by atomic mass is 9.83. The maximum atomic E-state index is 2.35. The molecule has 0 heterocycles. The van der Waals surface area contributed by atoms with Crippen molar-refractivity contribution in [3.05, 3.63) is 95.6 Å². The quantitative estimate of drug-likeness (QED) is 0.341. The molecule has 0 nitrogen and oxygen atoms in total. The van der Waals surface area contributed by atoms with Crippen molar-refractivity contribution in [2.75, 3.05) is 0 Å². The second-order valence-electron chi connectivity index (χ2n) is 7.89. The van der Waals surface area contributed by atoms with Crippen molar-refractivity contribution in [3.8, 4) is 22.3 Å². The van der Waals surface area contributed by atoms with Gasteiger partial charge in [0.15, 0.2) is 0 Å². The summed E-state index contributed by atoms with van der Waals surface area (Å²) in [5.41, 5.74) is 9.55. The highest BCUT2D eigenvalue weighted by Crippen LogP contribution is 2.40. The minimum atomic E-state index is 0.533. The second kappa shape index (κ2) is 7.64. The summed E-state index contributed by atoms with van der Waals surface area (Å²) in [6, 6.07) is 28.9. The van der Waals surface area contributed by atoms with Gasteiger partial charge in [-0.3, -0.25) is 0 Å². The maximum absolute atomic E-state index is 2.35. The van der Waals surface area contributed by atoms with Crippen LogP contribution in [0.25, 0.3) is 33.0 Å². The van der Waals surface area contributed by atoms with Gasteiger partial charge < -0.3 is 0 Å². The summed E-state index contributed by atoms with van der Waals surface area (Å²) in [5.74, 6) is 0.533. The number of hydrogen-bond acceptors (Lipinski definition) is 0. The highest BCUT2D eigenvalue weighted by atomic mass is 14.2. The predicted octanol–water partition coefficient (Wildman–Crippen LogP) is 8.30. The Bertz CT molecular complexity index is 1130. The van der Waals surface area contributed by atoms with Gasteiger partial charge in [-0.05, 0) is 82.0 Å². The zero-order valence-electron chi connectivity index (χ0n) is 17.3. The summed E-state index contributed by atoms with van der Waals surface area (Å²) in [5, 5.41) is 2.60. The van der Waals surface area contributed by atoms with Crippen LogP contribution in [0.2, 0.25) is 0 Å². The Kier molecular flexibility index (Phi) is 5.05. The average Bonchev–Trinajstić information content (AvgIpc) is 2.73. The van der Waals surface area contributed by atoms with E-state index in [1.807, 2.05) is 0 Å². The lowest BCUT2D eigenvalue weighted by molar-refractivity contribution is 0.735. The smallest absolute Gasteiger partial charge is 0.0113 e. The number of hydrogen-bond donors (Lipinski definition) is 0. The largest absolute Gasteiger partial charge is 0.0648 e. The zero-order chi connectivity index (χ0) is 19.7. The highest BCUT2D eigenvalue weighted by Gasteiger charge is 2.17. The molecule has 0 aliphatic rings. The molecule has 0 spiro atoms. The van der Waals surface area contributed by atoms with Crippen LogP contribution in [0.15, 0.2) is 78.9 Å². The van der Waals surface area contributed by atoms with Gasteiger partial charge in [0, 0.05) is 0 Å². The molecule has 4 aromatic carbocycles. The number of rotatable bonds is 4. The summed E-state index contributed by atoms with van der Waals surface area (Å²) in [7, 11) is 0. The second-order valence-corrected chi connectivity index (χ2v) is 7.89. The third-order valence-corrected chi connectivity index (χ3v) is 6.11. The van der Waals surface area contributed by atoms with E-state index >= 15 is 0 Å². The molecule has 4 aromatic rings. The summed E-state index contributed by atoms with van der Waals surface area (Å²) in [4.78, 5) is 0. The van der Waals surface area contributed by atoms with E-state index in [-0.39, 0.29) is 0 Å². The van der Waals surface area contributed by atoms with E-state index in [9.17, 15) is 0 Å². The third-order valence-electron chi connectivity index (χ3n) is 6.11. The van der Waals surface area contributed by atoms with Crippen molar-refractivity contribution < 1.29 is 0 Å². The fraction of sp³-hybridized carbons (Fsp3) is 0.214. The van der Waals surface area contributed by atoms with Gasteiger partial charge in [-0.2, -0.15) is 0 Å². The summed E-state index contributed by atoms with van der Waals surface area (Å²) < 4.78 is 0. The van der Waals surface area contributed by atoms with E-state index in [1.54, 1.807) is 0 Å². The molecule has 28 heavy (non-hydrogen) atoms. The molecule has 0 aliphatic heterocycles. The van der Waals surface area contributed by atoms with Gasteiger partial charge >= 0.3 is 0 Å². The molecule has 0 aliphatic carbocycles. The molecule has 0 heteroatoms. The standard InChI is InChI=1S/C28H28/c1-5-19(2)26-16-17-27(25-13-9-6-10-20(25)3)21(4)28(26)24-15-14-22-11-7-8-12-23(22)18-24/h6-19H,5H2,1-4H3. The van der Waals surface area contributed by atoms with E-state index in [0.717, 1.165) is 6.42 Å². The Balaban J connectivity index is 1.99. The lowest BCUT2D eigenvalue weighted by Crippen LogP contribution is -2.00. The van der Waals surface area contributed by atoms with Crippen LogP contribution < -0.4 is 0 Å². The minimum absolute atomic E-state index is 0.533. The normalized spacial score (nSPS) is 12.3. The van der Waals surface area contributed by atoms with Gasteiger partial charge in [-0.1, -0.05) is 86.6 Å². The molecule has 0 aromatic heterocycles. The Morgan fingerprint density at radius 2 is 1.43 bits per heavy atom. The number of benzene rings is 4. The number of aryl methyl sites for hydroxylation is 1. The van der Waals surface area contributed by atoms with E-state index in [1.165, 1.54) is 49.7 Å². The Morgan fingerprint density at radius 1 is 0.714 bits per heavy atom. The molecule has 0 saturated carbocycles. The van der Waals surface area contributed by atoms with Crippen LogP contribution in [0.4, 0.5) is 0 Å². The molecule has 0 amide bonds. The summed E-state index contributed by atoms with van der Waals surface area (Å²) in [6.45, 7) is 9.11. The van der Waals surface area contributed by atoms with E-state index in [4.69, 9.17) is 0 Å². The first-order valence-corrected chi connectivity index (χ1v) is 10.3. The molecule has 0 radical (unpaired) electrons. The van der Waals surface area contributed by atoms with Crippen LogP contribution in [0.1, 0.15) is 42.9 Å². The van der Waals surface area contributed by atoms with Crippen molar-refractivity contribution in [1.82, 2.24) is 0 Å². The Morgan fingerprint density at radius 3 is 2.18 bits per heavy atom. The molecule has 0 bridgehead atoms. The van der Waals surface area contributed by atoms with Gasteiger partial charge in [0.2, 0.25) is 0 Å². The van der Waals surface area contributed by atoms with Crippen molar-refractivity contribution >= 4 is 10.8 Å². The molecule has 0 fully saturated rings. The van der Waals surface area contributed by atoms with Gasteiger partial charge in [0.25, 0.3) is 0 Å². The molecule has 1 unspecified atom stereocenters. The molecular weight excluding hydrogens is 336 g/mol. The SMILES string of the molecule is CCC(C)c1ccc(-c2ccccc2C)c(C)c1-c1ccc2ccccc2c1. The van der Waals surface area contributed by atoms with E-state index in [2.05, 4.69) is 107 Å². The topological polar surface area (TPSA) is 0 Å². The van der Waals surface area contributed by atoms with Crippen molar-refractivity contribution in [3.63, 3.8) is 0 Å². The van der Waals surface area contributed by atoms with Crippen molar-refractivity contribution in [1.29, 1.82) is 0 Å². The first-order chi connectivity index (χ1) is 13.6. The maximum Gasteiger partial charge on any atom is -0.0113 e. The van der Waals surface area contributed by atoms with E-state index in [0.29, 0.717) is 5.92 Å². The van der Waals surface area contributed by atoms with Crippen LogP contribution in [-0.2, 0) is 0 Å². The van der Waals surface area contributed by atoms with Crippen LogP contribution in [-0.4, -0.2) is 0 Å². The monoisotopic (exact) mass is 364 g/mol. The predicted molar refractivity (Wildman–Crippen MR) is 123 cm³/mol. The lowest BCUT2D eigenvalue weighted by Gasteiger charge is -2.21. The van der Waals surface area contributed by atoms with Gasteiger partial charge in [0.05, 0.1) is 0 Å². The number of fused-ring (bicyclic) bond motifs is 1. The minimum Gasteiger partial charge on any atom is -0.0648 e. The third kappa shape index (κ3) is 3.24. The van der Waals surface area contributed by atoms with Crippen LogP contribution in [0.3, 0.4) is 0 Å². The first-order valence-electron chi connectivity index (χ1n) is 10.3. The zero-order valence-corrected chi connectivity index (χ0v) is 17.3. The first kappa shape index (κ1) is 18.5. The van der Waals surface area contributed by atoms with Gasteiger partial charge in [-0.15, -0.1) is 0 Å². The van der Waals surface area contributed by atoms with Crippen molar-refractivity contribution in [2.45, 2.75) is 40.0 Å². The fourth-order valence-corrected chi connectivity index (χ4v) is 4.26. The van der Waals surface area contributed by atoms with Crippen molar-refractivity contribution in [2.24, 2.45) is 0 Å². The van der Waals surface area contributed by atoms with Crippen LogP contribution in [0.5, 0.6) is 0 Å². The Hall–Kier alpha value is -2.86. The average molecular weight is 365 g/mol. The summed E-state index contributed by atoms with van der Waals surface area (Å²) >= 11 is 0. The van der Waals surface area contributed by atoms with Gasteiger partial charge in [-0.25, -0.2) is 0 Å². The van der Waals surface area contributed by atoms with Gasteiger partial charge in [0.1, 0.15) is 0 Å². The fourth-order valence-electron chi connectivity index (χ4n) is 4.26. The molecule has 4 rings (SSSR count). The highest BCUT2D eigenvalue weighted by molar-refractivity contribution is 5.90. The Labute approximate surface area is 168 Å². The van der Waals surface area contributed by atoms with Crippen LogP contribution in [0, 0.1) is 13.8 Å². The summed E-state index contributed by atoms with van der Waals surface area (Å²) in [6.07, 6.45) is 1.14.